The minimum atomic E-state index is -2.59. The Morgan fingerprint density at radius 1 is 0.556 bits per heavy atom. The topological polar surface area (TPSA) is 140 Å². The second kappa shape index (κ2) is 31.0. The van der Waals surface area contributed by atoms with Crippen LogP contribution in [0.4, 0.5) is 0 Å². The number of ether oxygens (including phenoxy) is 1. The number of unbranched alkanes of at least 4 members (excludes halogenated alkanes) is 22. The summed E-state index contributed by atoms with van der Waals surface area (Å²) in [4.78, 5) is 0. The normalized spacial score (nSPS) is 16.6. The summed E-state index contributed by atoms with van der Waals surface area (Å²) in [6, 6.07) is -0.916. The lowest BCUT2D eigenvalue weighted by Gasteiger charge is -2.25. The summed E-state index contributed by atoms with van der Waals surface area (Å²) in [6.07, 6.45) is 27.5. The van der Waals surface area contributed by atoms with Gasteiger partial charge in [0.2, 0.25) is 0 Å². The van der Waals surface area contributed by atoms with Crippen molar-refractivity contribution >= 4 is 9.73 Å². The summed E-state index contributed by atoms with van der Waals surface area (Å²) in [5, 5.41) is 48.8. The molecule has 5 N–H and O–H groups in total. The van der Waals surface area contributed by atoms with E-state index in [4.69, 9.17) is 9.84 Å². The van der Waals surface area contributed by atoms with E-state index in [2.05, 4.69) is 11.3 Å². The number of nitrogens with zero attached hydrogens (tertiary/aromatic N) is 1. The van der Waals surface area contributed by atoms with Gasteiger partial charge in [-0.3, -0.25) is 4.21 Å². The van der Waals surface area contributed by atoms with Gasteiger partial charge in [-0.05, 0) is 12.8 Å². The highest BCUT2D eigenvalue weighted by Crippen LogP contribution is 2.17. The van der Waals surface area contributed by atoms with Crippen LogP contribution in [-0.2, 0) is 14.5 Å². The van der Waals surface area contributed by atoms with Gasteiger partial charge in [0, 0.05) is 21.7 Å². The SMILES string of the molecule is CCCCCCCCCCCCCCCCCCCCCCCCCS(C)(=O)=N[C@@H](COC[C@H](O)[C@@H](O)CO)[C@H](O)[C@H](O)CC. The summed E-state index contributed by atoms with van der Waals surface area (Å²) in [7, 11) is -2.59. The molecule has 8 nitrogen and oxygen atoms in total. The highest BCUT2D eigenvalue weighted by atomic mass is 32.2. The van der Waals surface area contributed by atoms with Gasteiger partial charge in [0.25, 0.3) is 0 Å². The molecule has 0 bridgehead atoms. The lowest BCUT2D eigenvalue weighted by Crippen LogP contribution is -2.41. The predicted octanol–water partition coefficient (Wildman–Crippen LogP) is 7.31. The van der Waals surface area contributed by atoms with Crippen LogP contribution in [0.15, 0.2) is 4.36 Å². The molecule has 0 amide bonds. The average molecular weight is 666 g/mol. The van der Waals surface area contributed by atoms with E-state index in [1.165, 1.54) is 128 Å². The Hall–Kier alpha value is -0.290. The molecule has 9 heteroatoms. The summed E-state index contributed by atoms with van der Waals surface area (Å²) in [5.74, 6) is 0.420. The van der Waals surface area contributed by atoms with E-state index in [9.17, 15) is 24.6 Å². The van der Waals surface area contributed by atoms with Gasteiger partial charge < -0.3 is 30.3 Å². The molecule has 45 heavy (non-hydrogen) atoms. The van der Waals surface area contributed by atoms with Crippen molar-refractivity contribution in [3.63, 3.8) is 0 Å². The number of aliphatic hydroxyl groups excluding tert-OH is 5. The molecule has 6 atom stereocenters. The Bertz CT molecular complexity index is 747. The molecule has 0 fully saturated rings. The van der Waals surface area contributed by atoms with Crippen LogP contribution in [0.5, 0.6) is 0 Å². The fourth-order valence-electron chi connectivity index (χ4n) is 5.73. The molecule has 0 saturated heterocycles. The van der Waals surface area contributed by atoms with Crippen LogP contribution in [0.3, 0.4) is 0 Å². The molecular weight excluding hydrogens is 590 g/mol. The van der Waals surface area contributed by atoms with Crippen LogP contribution in [0.1, 0.15) is 168 Å². The van der Waals surface area contributed by atoms with Crippen molar-refractivity contribution in [2.45, 2.75) is 198 Å². The Kier molecular flexibility index (Phi) is 30.8. The van der Waals surface area contributed by atoms with Crippen molar-refractivity contribution in [3.05, 3.63) is 0 Å². The fraction of sp³-hybridized carbons (Fsp3) is 1.00. The van der Waals surface area contributed by atoms with Crippen LogP contribution in [-0.4, -0.2) is 92.0 Å². The van der Waals surface area contributed by atoms with Crippen LogP contribution in [0.2, 0.25) is 0 Å². The first kappa shape index (κ1) is 44.7. The maximum absolute atomic E-state index is 13.1. The van der Waals surface area contributed by atoms with Crippen LogP contribution >= 0.6 is 0 Å². The Morgan fingerprint density at radius 3 is 1.29 bits per heavy atom. The van der Waals surface area contributed by atoms with E-state index >= 15 is 0 Å². The second-order valence-corrected chi connectivity index (χ2v) is 16.0. The molecule has 0 aromatic carbocycles. The quantitative estimate of drug-likeness (QED) is 0.0454. The Labute approximate surface area is 278 Å². The molecule has 0 aliphatic heterocycles. The zero-order valence-electron chi connectivity index (χ0n) is 29.6. The standard InChI is InChI=1S/C36H75NO7S/c1-4-6-7-8-9-10-11-12-13-14-15-16-17-18-19-20-21-22-23-24-25-26-27-28-45(3,43)37-32(36(42)33(39)5-2)30-44-31-35(41)34(40)29-38/h32-36,38-42H,4-31H2,1-3H3/t32-,33+,34-,35-,36-,45?/m0/s1. The number of rotatable bonds is 34. The van der Waals surface area contributed by atoms with Gasteiger partial charge in [-0.25, -0.2) is 4.36 Å². The van der Waals surface area contributed by atoms with Crippen molar-refractivity contribution in [2.75, 3.05) is 31.8 Å². The minimum Gasteiger partial charge on any atom is -0.394 e. The molecule has 0 radical (unpaired) electrons. The van der Waals surface area contributed by atoms with Gasteiger partial charge in [0.1, 0.15) is 24.4 Å². The van der Waals surface area contributed by atoms with Crippen LogP contribution in [0.25, 0.3) is 0 Å². The third kappa shape index (κ3) is 27.4. The van der Waals surface area contributed by atoms with Gasteiger partial charge >= 0.3 is 0 Å². The summed E-state index contributed by atoms with van der Waals surface area (Å²) in [6.45, 7) is 2.99. The van der Waals surface area contributed by atoms with Gasteiger partial charge in [-0.2, -0.15) is 0 Å². The average Bonchev–Trinajstić information content (AvgIpc) is 3.03. The van der Waals surface area contributed by atoms with Crippen molar-refractivity contribution in [1.29, 1.82) is 0 Å². The van der Waals surface area contributed by atoms with Crippen LogP contribution in [0, 0.1) is 0 Å². The summed E-state index contributed by atoms with van der Waals surface area (Å²) in [5.41, 5.74) is 0. The zero-order valence-corrected chi connectivity index (χ0v) is 30.4. The first-order valence-electron chi connectivity index (χ1n) is 18.8. The van der Waals surface area contributed by atoms with Gasteiger partial charge in [0.15, 0.2) is 0 Å². The maximum atomic E-state index is 13.1. The van der Waals surface area contributed by atoms with Crippen molar-refractivity contribution in [2.24, 2.45) is 4.36 Å². The first-order valence-corrected chi connectivity index (χ1v) is 20.9. The van der Waals surface area contributed by atoms with E-state index in [1.54, 1.807) is 13.2 Å². The molecule has 0 saturated carbocycles. The lowest BCUT2D eigenvalue weighted by atomic mass is 10.0. The molecule has 0 aliphatic rings. The molecule has 272 valence electrons. The summed E-state index contributed by atoms with van der Waals surface area (Å²) < 4.78 is 22.9. The van der Waals surface area contributed by atoms with E-state index < -0.39 is 46.8 Å². The molecule has 0 heterocycles. The number of hydrogen-bond acceptors (Lipinski definition) is 8. The van der Waals surface area contributed by atoms with E-state index in [-0.39, 0.29) is 13.2 Å². The smallest absolute Gasteiger partial charge is 0.111 e. The van der Waals surface area contributed by atoms with E-state index in [0.29, 0.717) is 12.2 Å². The molecule has 0 rings (SSSR count). The van der Waals surface area contributed by atoms with Gasteiger partial charge in [-0.1, -0.05) is 155 Å². The van der Waals surface area contributed by atoms with Gasteiger partial charge in [-0.15, -0.1) is 0 Å². The Morgan fingerprint density at radius 2 is 0.933 bits per heavy atom. The third-order valence-electron chi connectivity index (χ3n) is 8.90. The van der Waals surface area contributed by atoms with E-state index in [1.807, 2.05) is 0 Å². The maximum Gasteiger partial charge on any atom is 0.111 e. The van der Waals surface area contributed by atoms with Crippen LogP contribution < -0.4 is 0 Å². The molecule has 0 aromatic rings. The highest BCUT2D eigenvalue weighted by molar-refractivity contribution is 7.92. The summed E-state index contributed by atoms with van der Waals surface area (Å²) >= 11 is 0. The van der Waals surface area contributed by atoms with Crippen molar-refractivity contribution < 1.29 is 34.5 Å². The molecule has 0 spiro atoms. The predicted molar refractivity (Wildman–Crippen MR) is 189 cm³/mol. The second-order valence-electron chi connectivity index (χ2n) is 13.4. The molecular formula is C36H75NO7S. The van der Waals surface area contributed by atoms with Crippen molar-refractivity contribution in [1.82, 2.24) is 0 Å². The molecule has 0 aromatic heterocycles. The minimum absolute atomic E-state index is 0.155. The van der Waals surface area contributed by atoms with E-state index in [0.717, 1.165) is 19.3 Å². The largest absolute Gasteiger partial charge is 0.394 e. The lowest BCUT2D eigenvalue weighted by molar-refractivity contribution is -0.0690. The number of hydrogen-bond donors (Lipinski definition) is 5. The highest BCUT2D eigenvalue weighted by Gasteiger charge is 2.27. The first-order chi connectivity index (χ1) is 21.7. The number of aliphatic hydroxyl groups is 5. The Balaban J connectivity index is 3.87. The van der Waals surface area contributed by atoms with Crippen molar-refractivity contribution in [3.8, 4) is 0 Å². The fourth-order valence-corrected chi connectivity index (χ4v) is 7.33. The monoisotopic (exact) mass is 666 g/mol. The zero-order chi connectivity index (χ0) is 33.6. The molecule has 1 unspecified atom stereocenters. The van der Waals surface area contributed by atoms with Gasteiger partial charge in [0.05, 0.1) is 25.9 Å². The third-order valence-corrected chi connectivity index (χ3v) is 10.7. The molecule has 0 aliphatic carbocycles.